The summed E-state index contributed by atoms with van der Waals surface area (Å²) in [6.45, 7) is 6.56. The van der Waals surface area contributed by atoms with Crippen LogP contribution in [0, 0.1) is 23.7 Å². The highest BCUT2D eigenvalue weighted by molar-refractivity contribution is 5.80. The van der Waals surface area contributed by atoms with Gasteiger partial charge in [-0.25, -0.2) is 0 Å². The van der Waals surface area contributed by atoms with Crippen molar-refractivity contribution in [1.29, 1.82) is 0 Å². The van der Waals surface area contributed by atoms with E-state index < -0.39 is 0 Å². The molecule has 6 atom stereocenters. The zero-order valence-corrected chi connectivity index (χ0v) is 12.0. The van der Waals surface area contributed by atoms with Gasteiger partial charge in [-0.05, 0) is 50.4 Å². The number of rotatable bonds is 5. The molecule has 2 fully saturated rings. The minimum Gasteiger partial charge on any atom is -0.353 e. The van der Waals surface area contributed by atoms with E-state index in [2.05, 4.69) is 26.1 Å². The van der Waals surface area contributed by atoms with Crippen molar-refractivity contribution >= 4 is 5.91 Å². The Morgan fingerprint density at radius 1 is 1.33 bits per heavy atom. The number of carbonyl (C=O) groups is 1. The molecule has 3 nitrogen and oxygen atoms in total. The van der Waals surface area contributed by atoms with Crippen LogP contribution in [0.25, 0.3) is 0 Å². The van der Waals surface area contributed by atoms with Crippen molar-refractivity contribution in [2.45, 2.75) is 65.0 Å². The van der Waals surface area contributed by atoms with Crippen LogP contribution in [0.4, 0.5) is 0 Å². The quantitative estimate of drug-likeness (QED) is 0.789. The molecule has 2 aliphatic rings. The first-order valence-electron chi connectivity index (χ1n) is 7.58. The SMILES string of the molecule is CCC(C)CC(C)NC(=O)C1C2CCC(C2)C1N. The monoisotopic (exact) mass is 252 g/mol. The molecule has 2 bridgehead atoms. The van der Waals surface area contributed by atoms with Crippen LogP contribution >= 0.6 is 0 Å². The molecule has 2 saturated carbocycles. The number of amides is 1. The van der Waals surface area contributed by atoms with Crippen LogP contribution in [0.2, 0.25) is 0 Å². The lowest BCUT2D eigenvalue weighted by Crippen LogP contribution is -2.47. The summed E-state index contributed by atoms with van der Waals surface area (Å²) in [5.74, 6) is 2.14. The summed E-state index contributed by atoms with van der Waals surface area (Å²) in [5, 5.41) is 3.18. The van der Waals surface area contributed by atoms with Gasteiger partial charge in [0, 0.05) is 12.1 Å². The molecule has 104 valence electrons. The Morgan fingerprint density at radius 3 is 2.56 bits per heavy atom. The van der Waals surface area contributed by atoms with Gasteiger partial charge in [-0.3, -0.25) is 4.79 Å². The zero-order chi connectivity index (χ0) is 13.3. The molecule has 18 heavy (non-hydrogen) atoms. The Balaban J connectivity index is 1.85. The van der Waals surface area contributed by atoms with Crippen molar-refractivity contribution in [1.82, 2.24) is 5.32 Å². The Bertz CT molecular complexity index is 303. The van der Waals surface area contributed by atoms with Gasteiger partial charge in [0.1, 0.15) is 0 Å². The fourth-order valence-electron chi connectivity index (χ4n) is 3.89. The van der Waals surface area contributed by atoms with E-state index in [1.807, 2.05) is 0 Å². The zero-order valence-electron chi connectivity index (χ0n) is 12.0. The number of nitrogens with one attached hydrogen (secondary N) is 1. The first kappa shape index (κ1) is 13.9. The normalized spacial score (nSPS) is 37.6. The van der Waals surface area contributed by atoms with Gasteiger partial charge in [0.2, 0.25) is 5.91 Å². The molecule has 6 unspecified atom stereocenters. The van der Waals surface area contributed by atoms with Crippen molar-refractivity contribution in [3.05, 3.63) is 0 Å². The van der Waals surface area contributed by atoms with Crippen molar-refractivity contribution in [3.63, 3.8) is 0 Å². The lowest BCUT2D eigenvalue weighted by molar-refractivity contribution is -0.127. The Hall–Kier alpha value is -0.570. The highest BCUT2D eigenvalue weighted by atomic mass is 16.2. The standard InChI is InChI=1S/C15H28N2O/c1-4-9(2)7-10(3)17-15(18)13-11-5-6-12(8-11)14(13)16/h9-14H,4-8,16H2,1-3H3,(H,17,18). The van der Waals surface area contributed by atoms with Gasteiger partial charge in [0.25, 0.3) is 0 Å². The predicted octanol–water partition coefficient (Wildman–Crippen LogP) is 2.30. The van der Waals surface area contributed by atoms with E-state index >= 15 is 0 Å². The lowest BCUT2D eigenvalue weighted by atomic mass is 9.84. The summed E-state index contributed by atoms with van der Waals surface area (Å²) < 4.78 is 0. The number of hydrogen-bond acceptors (Lipinski definition) is 2. The molecular weight excluding hydrogens is 224 g/mol. The van der Waals surface area contributed by atoms with Crippen molar-refractivity contribution in [3.8, 4) is 0 Å². The molecule has 0 saturated heterocycles. The first-order chi connectivity index (χ1) is 8.52. The predicted molar refractivity (Wildman–Crippen MR) is 74.0 cm³/mol. The van der Waals surface area contributed by atoms with Crippen LogP contribution in [-0.2, 0) is 4.79 Å². The Labute approximate surface area is 111 Å². The van der Waals surface area contributed by atoms with Crippen LogP contribution in [0.3, 0.4) is 0 Å². The third kappa shape index (κ3) is 2.71. The summed E-state index contributed by atoms with van der Waals surface area (Å²) in [5.41, 5.74) is 6.21. The van der Waals surface area contributed by atoms with Gasteiger partial charge in [-0.2, -0.15) is 0 Å². The third-order valence-electron chi connectivity index (χ3n) is 5.12. The molecule has 0 aliphatic heterocycles. The van der Waals surface area contributed by atoms with Gasteiger partial charge < -0.3 is 11.1 Å². The summed E-state index contributed by atoms with van der Waals surface area (Å²) in [6.07, 6.45) is 5.86. The fraction of sp³-hybridized carbons (Fsp3) is 0.933. The van der Waals surface area contributed by atoms with Crippen molar-refractivity contribution in [2.75, 3.05) is 0 Å². The second kappa shape index (κ2) is 5.60. The number of hydrogen-bond donors (Lipinski definition) is 2. The van der Waals surface area contributed by atoms with E-state index in [4.69, 9.17) is 5.73 Å². The van der Waals surface area contributed by atoms with Gasteiger partial charge in [-0.1, -0.05) is 20.3 Å². The Morgan fingerprint density at radius 2 is 2.00 bits per heavy atom. The largest absolute Gasteiger partial charge is 0.353 e. The molecule has 0 aromatic heterocycles. The molecule has 3 heteroatoms. The molecule has 0 aromatic rings. The van der Waals surface area contributed by atoms with E-state index in [0.29, 0.717) is 17.8 Å². The summed E-state index contributed by atoms with van der Waals surface area (Å²) in [6, 6.07) is 0.387. The van der Waals surface area contributed by atoms with Crippen LogP contribution < -0.4 is 11.1 Å². The summed E-state index contributed by atoms with van der Waals surface area (Å²) in [7, 11) is 0. The van der Waals surface area contributed by atoms with Crippen LogP contribution in [0.5, 0.6) is 0 Å². The van der Waals surface area contributed by atoms with Crippen LogP contribution in [0.1, 0.15) is 52.9 Å². The first-order valence-corrected chi connectivity index (χ1v) is 7.58. The molecule has 2 aliphatic carbocycles. The molecule has 2 rings (SSSR count). The molecule has 1 amide bonds. The van der Waals surface area contributed by atoms with Crippen molar-refractivity contribution in [2.24, 2.45) is 29.4 Å². The van der Waals surface area contributed by atoms with E-state index in [9.17, 15) is 4.79 Å². The van der Waals surface area contributed by atoms with E-state index in [1.165, 1.54) is 25.7 Å². The number of carbonyl (C=O) groups excluding carboxylic acids is 1. The van der Waals surface area contributed by atoms with Crippen LogP contribution in [0.15, 0.2) is 0 Å². The van der Waals surface area contributed by atoms with Gasteiger partial charge in [-0.15, -0.1) is 0 Å². The topological polar surface area (TPSA) is 55.1 Å². The van der Waals surface area contributed by atoms with Gasteiger partial charge in [0.05, 0.1) is 5.92 Å². The second-order valence-corrected chi connectivity index (χ2v) is 6.60. The molecular formula is C15H28N2O. The number of nitrogens with two attached hydrogens (primary N) is 1. The number of fused-ring (bicyclic) bond motifs is 2. The maximum absolute atomic E-state index is 12.3. The average Bonchev–Trinajstić information content (AvgIpc) is 2.88. The van der Waals surface area contributed by atoms with Gasteiger partial charge >= 0.3 is 0 Å². The molecule has 0 aromatic carbocycles. The molecule has 0 spiro atoms. The maximum atomic E-state index is 12.3. The third-order valence-corrected chi connectivity index (χ3v) is 5.12. The van der Waals surface area contributed by atoms with Gasteiger partial charge in [0.15, 0.2) is 0 Å². The minimum absolute atomic E-state index is 0.0862. The highest BCUT2D eigenvalue weighted by Gasteiger charge is 2.49. The minimum atomic E-state index is 0.0862. The molecule has 0 radical (unpaired) electrons. The molecule has 3 N–H and O–H groups in total. The van der Waals surface area contributed by atoms with E-state index in [0.717, 1.165) is 6.42 Å². The smallest absolute Gasteiger partial charge is 0.225 e. The summed E-state index contributed by atoms with van der Waals surface area (Å²) >= 11 is 0. The lowest BCUT2D eigenvalue weighted by Gasteiger charge is -2.28. The summed E-state index contributed by atoms with van der Waals surface area (Å²) in [4.78, 5) is 12.3. The fourth-order valence-corrected chi connectivity index (χ4v) is 3.89. The molecule has 0 heterocycles. The average molecular weight is 252 g/mol. The second-order valence-electron chi connectivity index (χ2n) is 6.60. The maximum Gasteiger partial charge on any atom is 0.225 e. The van der Waals surface area contributed by atoms with E-state index in [-0.39, 0.29) is 23.9 Å². The van der Waals surface area contributed by atoms with Crippen LogP contribution in [-0.4, -0.2) is 18.0 Å². The highest BCUT2D eigenvalue weighted by Crippen LogP contribution is 2.47. The Kier molecular flexibility index (Phi) is 4.31. The van der Waals surface area contributed by atoms with Crippen molar-refractivity contribution < 1.29 is 4.79 Å². The van der Waals surface area contributed by atoms with E-state index in [1.54, 1.807) is 0 Å².